The van der Waals surface area contributed by atoms with E-state index in [9.17, 15) is 9.18 Å². The number of ether oxygens (including phenoxy) is 1. The van der Waals surface area contributed by atoms with Gasteiger partial charge in [0.25, 0.3) is 5.82 Å². The van der Waals surface area contributed by atoms with E-state index in [0.29, 0.717) is 6.42 Å². The second-order valence-electron chi connectivity index (χ2n) is 3.72. The molecular formula is C10H14FN3O2. The zero-order chi connectivity index (χ0) is 11.7. The van der Waals surface area contributed by atoms with E-state index in [0.717, 1.165) is 6.42 Å². The second-order valence-corrected chi connectivity index (χ2v) is 3.72. The number of rotatable bonds is 3. The highest BCUT2D eigenvalue weighted by Crippen LogP contribution is 2.36. The lowest BCUT2D eigenvalue weighted by Crippen LogP contribution is -2.10. The predicted octanol–water partition coefficient (Wildman–Crippen LogP) is 1.82. The summed E-state index contributed by atoms with van der Waals surface area (Å²) in [5.74, 6) is -0.390. The molecule has 88 valence electrons. The van der Waals surface area contributed by atoms with Crippen molar-refractivity contribution in [2.75, 3.05) is 6.61 Å². The molecule has 2 unspecified atom stereocenters. The van der Waals surface area contributed by atoms with Crippen molar-refractivity contribution in [1.29, 1.82) is 0 Å². The van der Waals surface area contributed by atoms with Crippen molar-refractivity contribution in [3.63, 3.8) is 0 Å². The van der Waals surface area contributed by atoms with E-state index in [4.69, 9.17) is 4.74 Å². The number of hydrogen-bond acceptors (Lipinski definition) is 4. The monoisotopic (exact) mass is 227 g/mol. The van der Waals surface area contributed by atoms with Crippen LogP contribution in [0.25, 0.3) is 0 Å². The van der Waals surface area contributed by atoms with E-state index >= 15 is 0 Å². The van der Waals surface area contributed by atoms with E-state index < -0.39 is 12.1 Å². The Kier molecular flexibility index (Phi) is 2.89. The van der Waals surface area contributed by atoms with Gasteiger partial charge in [-0.1, -0.05) is 6.92 Å². The molecule has 1 aliphatic rings. The Labute approximate surface area is 92.6 Å². The van der Waals surface area contributed by atoms with Crippen LogP contribution in [0.15, 0.2) is 0 Å². The number of esters is 1. The number of carbonyl (C=O) groups excluding carboxylic acids is 1. The van der Waals surface area contributed by atoms with Crippen molar-refractivity contribution in [2.24, 2.45) is 0 Å². The van der Waals surface area contributed by atoms with Gasteiger partial charge in [0.15, 0.2) is 12.0 Å². The lowest BCUT2D eigenvalue weighted by atomic mass is 10.1. The average Bonchev–Trinajstić information content (AvgIpc) is 2.80. The fourth-order valence-corrected chi connectivity index (χ4v) is 1.88. The smallest absolute Gasteiger partial charge is 0.378 e. The lowest BCUT2D eigenvalue weighted by Gasteiger charge is -2.06. The van der Waals surface area contributed by atoms with Crippen molar-refractivity contribution < 1.29 is 13.9 Å². The summed E-state index contributed by atoms with van der Waals surface area (Å²) in [6.45, 7) is 3.92. The average molecular weight is 227 g/mol. The molecule has 5 nitrogen and oxygen atoms in total. The Morgan fingerprint density at radius 2 is 2.38 bits per heavy atom. The first-order chi connectivity index (χ1) is 7.67. The third kappa shape index (κ3) is 1.68. The van der Waals surface area contributed by atoms with Gasteiger partial charge in [-0.3, -0.25) is 0 Å². The number of carbonyl (C=O) groups is 1. The second kappa shape index (κ2) is 4.19. The summed E-state index contributed by atoms with van der Waals surface area (Å²) in [4.78, 5) is 15.3. The fraction of sp³-hybridized carbons (Fsp3) is 0.700. The summed E-state index contributed by atoms with van der Waals surface area (Å²) in [6, 6.07) is 0.000626. The molecule has 1 aliphatic heterocycles. The molecule has 0 bridgehead atoms. The molecule has 0 saturated heterocycles. The van der Waals surface area contributed by atoms with Gasteiger partial charge in [-0.2, -0.15) is 0 Å². The van der Waals surface area contributed by atoms with Crippen LogP contribution in [0.1, 0.15) is 55.3 Å². The van der Waals surface area contributed by atoms with Crippen LogP contribution < -0.4 is 0 Å². The Balaban J connectivity index is 2.27. The zero-order valence-corrected chi connectivity index (χ0v) is 9.31. The summed E-state index contributed by atoms with van der Waals surface area (Å²) in [7, 11) is 0. The predicted molar refractivity (Wildman–Crippen MR) is 53.8 cm³/mol. The maximum atomic E-state index is 13.5. The van der Waals surface area contributed by atoms with E-state index in [1.54, 1.807) is 6.92 Å². The first-order valence-corrected chi connectivity index (χ1v) is 5.45. The van der Waals surface area contributed by atoms with Crippen molar-refractivity contribution in [1.82, 2.24) is 14.8 Å². The highest BCUT2D eigenvalue weighted by Gasteiger charge is 2.34. The molecule has 6 heteroatoms. The van der Waals surface area contributed by atoms with Gasteiger partial charge < -0.3 is 4.74 Å². The van der Waals surface area contributed by atoms with Crippen LogP contribution in [-0.2, 0) is 4.74 Å². The summed E-state index contributed by atoms with van der Waals surface area (Å²) >= 11 is 0. The molecule has 0 N–H and O–H groups in total. The third-order valence-corrected chi connectivity index (χ3v) is 2.69. The maximum absolute atomic E-state index is 13.5. The van der Waals surface area contributed by atoms with Crippen LogP contribution in [-0.4, -0.2) is 27.3 Å². The Bertz CT molecular complexity index is 405. The van der Waals surface area contributed by atoms with Crippen molar-refractivity contribution in [2.45, 2.75) is 38.9 Å². The minimum Gasteiger partial charge on any atom is -0.460 e. The molecule has 0 spiro atoms. The number of alkyl halides is 1. The third-order valence-electron chi connectivity index (χ3n) is 2.69. The normalized spacial score (nSPS) is 23.2. The minimum atomic E-state index is -1.12. The van der Waals surface area contributed by atoms with Gasteiger partial charge in [0.05, 0.1) is 12.6 Å². The zero-order valence-electron chi connectivity index (χ0n) is 9.31. The molecule has 2 atom stereocenters. The number of nitrogens with zero attached hydrogens (tertiary/aromatic N) is 3. The van der Waals surface area contributed by atoms with Crippen LogP contribution in [0.5, 0.6) is 0 Å². The fourth-order valence-electron chi connectivity index (χ4n) is 1.88. The molecule has 1 aromatic heterocycles. The van der Waals surface area contributed by atoms with Crippen LogP contribution in [0.4, 0.5) is 4.39 Å². The summed E-state index contributed by atoms with van der Waals surface area (Å²) in [5, 5.41) is 4.00. The van der Waals surface area contributed by atoms with Gasteiger partial charge >= 0.3 is 5.97 Å². The molecular weight excluding hydrogens is 213 g/mol. The van der Waals surface area contributed by atoms with Crippen molar-refractivity contribution in [3.8, 4) is 0 Å². The van der Waals surface area contributed by atoms with E-state index in [1.807, 2.05) is 6.92 Å². The molecule has 2 heterocycles. The highest BCUT2D eigenvalue weighted by molar-refractivity contribution is 5.85. The topological polar surface area (TPSA) is 57.0 Å². The highest BCUT2D eigenvalue weighted by atomic mass is 19.1. The van der Waals surface area contributed by atoms with Gasteiger partial charge in [0.1, 0.15) is 0 Å². The number of hydrogen-bond donors (Lipinski definition) is 0. The number of aromatic nitrogens is 3. The van der Waals surface area contributed by atoms with E-state index in [2.05, 4.69) is 10.1 Å². The Morgan fingerprint density at radius 1 is 1.62 bits per heavy atom. The lowest BCUT2D eigenvalue weighted by molar-refractivity contribution is 0.0511. The number of fused-ring (bicyclic) bond motifs is 1. The molecule has 0 fully saturated rings. The van der Waals surface area contributed by atoms with Crippen LogP contribution in [0.2, 0.25) is 0 Å². The molecule has 0 amide bonds. The SMILES string of the molecule is CCOC(=O)c1nc2n(n1)C(CC)CC2F. The van der Waals surface area contributed by atoms with Gasteiger partial charge in [0.2, 0.25) is 0 Å². The van der Waals surface area contributed by atoms with Crippen molar-refractivity contribution in [3.05, 3.63) is 11.6 Å². The van der Waals surface area contributed by atoms with Crippen LogP contribution in [0, 0.1) is 0 Å². The Morgan fingerprint density at radius 3 is 3.00 bits per heavy atom. The molecule has 0 saturated carbocycles. The largest absolute Gasteiger partial charge is 0.460 e. The molecule has 0 radical (unpaired) electrons. The van der Waals surface area contributed by atoms with Crippen molar-refractivity contribution >= 4 is 5.97 Å². The summed E-state index contributed by atoms with van der Waals surface area (Å²) in [6.07, 6.45) is 0.0502. The summed E-state index contributed by atoms with van der Waals surface area (Å²) in [5.41, 5.74) is 0. The van der Waals surface area contributed by atoms with Crippen LogP contribution >= 0.6 is 0 Å². The van der Waals surface area contributed by atoms with E-state index in [1.165, 1.54) is 4.68 Å². The van der Waals surface area contributed by atoms with Gasteiger partial charge in [-0.25, -0.2) is 18.9 Å². The van der Waals surface area contributed by atoms with Gasteiger partial charge in [-0.05, 0) is 13.3 Å². The first kappa shape index (κ1) is 11.0. The maximum Gasteiger partial charge on any atom is 0.378 e. The molecule has 0 aromatic carbocycles. The molecule has 16 heavy (non-hydrogen) atoms. The Hall–Kier alpha value is -1.46. The first-order valence-electron chi connectivity index (χ1n) is 5.45. The standard InChI is InChI=1S/C10H14FN3O2/c1-3-6-5-7(11)9-12-8(13-14(6)9)10(15)16-4-2/h6-7H,3-5H2,1-2H3. The van der Waals surface area contributed by atoms with E-state index in [-0.39, 0.29) is 24.3 Å². The van der Waals surface area contributed by atoms with Crippen LogP contribution in [0.3, 0.4) is 0 Å². The molecule has 0 aliphatic carbocycles. The van der Waals surface area contributed by atoms with Gasteiger partial charge in [0, 0.05) is 6.42 Å². The van der Waals surface area contributed by atoms with Gasteiger partial charge in [-0.15, -0.1) is 5.10 Å². The number of halogens is 1. The molecule has 1 aromatic rings. The quantitative estimate of drug-likeness (QED) is 0.739. The summed E-state index contributed by atoms with van der Waals surface area (Å²) < 4.78 is 19.8. The molecule has 2 rings (SSSR count). The minimum absolute atomic E-state index is 0.000626.